The first-order valence-electron chi connectivity index (χ1n) is 9.90. The van der Waals surface area contributed by atoms with Crippen LogP contribution in [0.1, 0.15) is 61.8 Å². The van der Waals surface area contributed by atoms with Crippen molar-refractivity contribution >= 4 is 11.8 Å². The highest BCUT2D eigenvalue weighted by Crippen LogP contribution is 2.57. The molecule has 2 heterocycles. The summed E-state index contributed by atoms with van der Waals surface area (Å²) < 4.78 is 0. The van der Waals surface area contributed by atoms with E-state index < -0.39 is 11.6 Å². The lowest BCUT2D eigenvalue weighted by atomic mass is 9.50. The maximum atomic E-state index is 13.5. The molecular formula is C21H39N3O2. The van der Waals surface area contributed by atoms with Gasteiger partial charge in [0.15, 0.2) is 0 Å². The highest BCUT2D eigenvalue weighted by molar-refractivity contribution is 5.92. The van der Waals surface area contributed by atoms with Gasteiger partial charge >= 0.3 is 0 Å². The van der Waals surface area contributed by atoms with Crippen LogP contribution in [0.4, 0.5) is 0 Å². The van der Waals surface area contributed by atoms with E-state index in [0.29, 0.717) is 17.3 Å². The van der Waals surface area contributed by atoms with E-state index in [2.05, 4.69) is 26.1 Å². The van der Waals surface area contributed by atoms with Crippen LogP contribution in [0.25, 0.3) is 0 Å². The Balaban J connectivity index is 2.21. The van der Waals surface area contributed by atoms with Gasteiger partial charge in [0.05, 0.1) is 5.54 Å². The summed E-state index contributed by atoms with van der Waals surface area (Å²) in [5.74, 6) is 1.09. The Bertz CT molecular complexity index is 574. The summed E-state index contributed by atoms with van der Waals surface area (Å²) in [6.07, 6.45) is 1.22. The fourth-order valence-electron chi connectivity index (χ4n) is 4.42. The van der Waals surface area contributed by atoms with E-state index in [1.165, 1.54) is 6.42 Å². The molecule has 3 rings (SSSR count). The van der Waals surface area contributed by atoms with Crippen molar-refractivity contribution in [2.75, 3.05) is 20.6 Å². The number of hydrogen-bond acceptors (Lipinski definition) is 3. The van der Waals surface area contributed by atoms with Crippen LogP contribution in [0.3, 0.4) is 0 Å². The van der Waals surface area contributed by atoms with Gasteiger partial charge in [-0.3, -0.25) is 14.5 Å². The van der Waals surface area contributed by atoms with Gasteiger partial charge in [-0.1, -0.05) is 34.6 Å². The van der Waals surface area contributed by atoms with Crippen molar-refractivity contribution in [1.29, 1.82) is 0 Å². The first-order valence-corrected chi connectivity index (χ1v) is 9.90. The van der Waals surface area contributed by atoms with Gasteiger partial charge < -0.3 is 10.2 Å². The smallest absolute Gasteiger partial charge is 0.245 e. The Morgan fingerprint density at radius 3 is 2.08 bits per heavy atom. The van der Waals surface area contributed by atoms with Crippen LogP contribution < -0.4 is 5.32 Å². The third-order valence-corrected chi connectivity index (χ3v) is 7.38. The summed E-state index contributed by atoms with van der Waals surface area (Å²) >= 11 is 0. The van der Waals surface area contributed by atoms with Gasteiger partial charge in [0.2, 0.25) is 11.8 Å². The maximum absolute atomic E-state index is 13.5. The van der Waals surface area contributed by atoms with Crippen molar-refractivity contribution in [3.8, 4) is 0 Å². The zero-order valence-corrected chi connectivity index (χ0v) is 18.4. The number of nitrogens with one attached hydrogen (secondary N) is 1. The molecule has 150 valence electrons. The van der Waals surface area contributed by atoms with Crippen molar-refractivity contribution in [3.05, 3.63) is 0 Å². The third-order valence-electron chi connectivity index (χ3n) is 7.38. The lowest BCUT2D eigenvalue weighted by Gasteiger charge is -2.63. The second kappa shape index (κ2) is 6.50. The topological polar surface area (TPSA) is 52.7 Å². The van der Waals surface area contributed by atoms with Crippen LogP contribution >= 0.6 is 0 Å². The van der Waals surface area contributed by atoms with Gasteiger partial charge in [-0.25, -0.2) is 0 Å². The van der Waals surface area contributed by atoms with Gasteiger partial charge in [0, 0.05) is 12.6 Å². The molecule has 2 bridgehead atoms. The number of fused-ring (bicyclic) bond motifs is 2. The monoisotopic (exact) mass is 365 g/mol. The number of nitrogens with zero attached hydrogens (tertiary/aromatic N) is 2. The minimum Gasteiger partial charge on any atom is -0.342 e. The summed E-state index contributed by atoms with van der Waals surface area (Å²) in [4.78, 5) is 30.3. The lowest BCUT2D eigenvalue weighted by Crippen LogP contribution is -2.69. The molecule has 2 amide bonds. The number of piperidine rings is 2. The minimum absolute atomic E-state index is 0.0677. The first kappa shape index (κ1) is 21.2. The summed E-state index contributed by atoms with van der Waals surface area (Å²) in [7, 11) is 3.77. The number of likely N-dealkylation sites (N-methyl/N-ethyl adjacent to an activating group) is 1. The van der Waals surface area contributed by atoms with Gasteiger partial charge in [0.1, 0.15) is 6.04 Å². The molecular weight excluding hydrogens is 326 g/mol. The SMILES string of the molecule is C[C@@H]1[C@@H]2CC(CN1C(=O)[C@@H](NC(=O)C(C)(C)N(C)C)C(C)(C)C)C2(C)C. The Labute approximate surface area is 159 Å². The summed E-state index contributed by atoms with van der Waals surface area (Å²) in [5, 5.41) is 3.07. The number of rotatable bonds is 4. The van der Waals surface area contributed by atoms with Crippen LogP contribution in [-0.4, -0.2) is 59.9 Å². The van der Waals surface area contributed by atoms with E-state index >= 15 is 0 Å². The van der Waals surface area contributed by atoms with E-state index in [4.69, 9.17) is 0 Å². The highest BCUT2D eigenvalue weighted by Gasteiger charge is 2.57. The number of hydrogen-bond donors (Lipinski definition) is 1. The zero-order valence-electron chi connectivity index (χ0n) is 18.4. The van der Waals surface area contributed by atoms with Crippen LogP contribution in [0.5, 0.6) is 0 Å². The summed E-state index contributed by atoms with van der Waals surface area (Å²) in [6, 6.07) is -0.289. The van der Waals surface area contributed by atoms with Crippen LogP contribution in [0.2, 0.25) is 0 Å². The predicted molar refractivity (Wildman–Crippen MR) is 106 cm³/mol. The van der Waals surface area contributed by atoms with Crippen molar-refractivity contribution in [2.24, 2.45) is 22.7 Å². The molecule has 1 saturated carbocycles. The fourth-order valence-corrected chi connectivity index (χ4v) is 4.42. The third kappa shape index (κ3) is 3.39. The fraction of sp³-hybridized carbons (Fsp3) is 0.905. The number of amides is 2. The van der Waals surface area contributed by atoms with E-state index in [9.17, 15) is 9.59 Å². The van der Waals surface area contributed by atoms with Gasteiger partial charge in [0.25, 0.3) is 0 Å². The molecule has 4 atom stereocenters. The molecule has 0 spiro atoms. The summed E-state index contributed by atoms with van der Waals surface area (Å²) in [6.45, 7) is 17.5. The van der Waals surface area contributed by atoms with Crippen molar-refractivity contribution in [1.82, 2.24) is 15.1 Å². The molecule has 2 saturated heterocycles. The first-order chi connectivity index (χ1) is 11.6. The van der Waals surface area contributed by atoms with E-state index in [1.54, 1.807) is 0 Å². The van der Waals surface area contributed by atoms with Crippen molar-refractivity contribution in [3.63, 3.8) is 0 Å². The van der Waals surface area contributed by atoms with Crippen LogP contribution in [0.15, 0.2) is 0 Å². The molecule has 3 fully saturated rings. The average Bonchev–Trinajstić information content (AvgIpc) is 2.49. The molecule has 26 heavy (non-hydrogen) atoms. The molecule has 1 N–H and O–H groups in total. The molecule has 0 aromatic rings. The van der Waals surface area contributed by atoms with Gasteiger partial charge in [-0.05, 0) is 64.0 Å². The molecule has 0 radical (unpaired) electrons. The predicted octanol–water partition coefficient (Wildman–Crippen LogP) is 2.75. The Kier molecular flexibility index (Phi) is 5.30. The average molecular weight is 366 g/mol. The largest absolute Gasteiger partial charge is 0.342 e. The van der Waals surface area contributed by atoms with Crippen LogP contribution in [-0.2, 0) is 9.59 Å². The normalized spacial score (nSPS) is 29.2. The standard InChI is InChI=1S/C21H39N3O2/c1-13-15-11-14(20(15,5)6)12-24(13)17(25)16(19(2,3)4)22-18(26)21(7,8)23(9)10/h13-16H,11-12H2,1-10H3,(H,22,26)/t13-,14?,15+,16-/m1/s1. The van der Waals surface area contributed by atoms with Crippen molar-refractivity contribution in [2.45, 2.75) is 79.4 Å². The quantitative estimate of drug-likeness (QED) is 0.833. The molecule has 1 unspecified atom stereocenters. The molecule has 5 heteroatoms. The van der Waals surface area contributed by atoms with E-state index in [1.807, 2.05) is 58.5 Å². The minimum atomic E-state index is -0.665. The highest BCUT2D eigenvalue weighted by atomic mass is 16.2. The molecule has 3 aliphatic rings. The number of carbonyl (C=O) groups is 2. The Morgan fingerprint density at radius 1 is 1.15 bits per heavy atom. The molecule has 5 nitrogen and oxygen atoms in total. The summed E-state index contributed by atoms with van der Waals surface area (Å²) in [5.41, 5.74) is -0.684. The van der Waals surface area contributed by atoms with Gasteiger partial charge in [-0.15, -0.1) is 0 Å². The number of carbonyl (C=O) groups excluding carboxylic acids is 2. The second-order valence-electron chi connectivity index (χ2n) is 10.8. The maximum Gasteiger partial charge on any atom is 0.245 e. The molecule has 0 aromatic carbocycles. The molecule has 0 aromatic heterocycles. The Hall–Kier alpha value is -1.10. The van der Waals surface area contributed by atoms with E-state index in [0.717, 1.165) is 6.54 Å². The van der Waals surface area contributed by atoms with Crippen molar-refractivity contribution < 1.29 is 9.59 Å². The van der Waals surface area contributed by atoms with Gasteiger partial charge in [-0.2, -0.15) is 0 Å². The second-order valence-corrected chi connectivity index (χ2v) is 10.8. The lowest BCUT2D eigenvalue weighted by molar-refractivity contribution is -0.170. The Morgan fingerprint density at radius 2 is 1.69 bits per heavy atom. The molecule has 1 aliphatic carbocycles. The zero-order chi connectivity index (χ0) is 20.2. The molecule has 2 aliphatic heterocycles. The van der Waals surface area contributed by atoms with Crippen LogP contribution in [0, 0.1) is 22.7 Å². The van der Waals surface area contributed by atoms with E-state index in [-0.39, 0.29) is 23.3 Å².